The third kappa shape index (κ3) is 38.4. The minimum absolute atomic E-state index is 0. The number of ether oxygens (including phenoxy) is 3. The van der Waals surface area contributed by atoms with Crippen molar-refractivity contribution in [2.75, 3.05) is 72.4 Å². The fourth-order valence-corrected chi connectivity index (χ4v) is 4.22. The smallest absolute Gasteiger partial charge is 0.870 e. The zero-order valence-electron chi connectivity index (χ0n) is 31.6. The van der Waals surface area contributed by atoms with Crippen LogP contribution in [0, 0.1) is 0 Å². The molecular formula is C33H57Cl2LiN4O13. The second-order valence-corrected chi connectivity index (χ2v) is 11.9. The molecule has 0 atom stereocenters. The van der Waals surface area contributed by atoms with Crippen molar-refractivity contribution in [1.82, 2.24) is 20.4 Å². The van der Waals surface area contributed by atoms with Gasteiger partial charge in [0.05, 0.1) is 32.1 Å². The molecule has 17 nitrogen and oxygen atoms in total. The van der Waals surface area contributed by atoms with E-state index in [1.165, 1.54) is 7.11 Å². The molecule has 53 heavy (non-hydrogen) atoms. The number of aliphatic carboxylic acids is 1. The second kappa shape index (κ2) is 38.6. The normalized spacial score (nSPS) is 9.75. The summed E-state index contributed by atoms with van der Waals surface area (Å²) in [4.78, 5) is 92.9. The predicted octanol–water partition coefficient (Wildman–Crippen LogP) is 0.504. The summed E-state index contributed by atoms with van der Waals surface area (Å²) in [5.41, 5.74) is 0. The van der Waals surface area contributed by atoms with Gasteiger partial charge in [-0.3, -0.25) is 28.8 Å². The van der Waals surface area contributed by atoms with Gasteiger partial charge in [-0.2, -0.15) is 0 Å². The minimum Gasteiger partial charge on any atom is -0.870 e. The van der Waals surface area contributed by atoms with Gasteiger partial charge in [-0.25, -0.2) is 9.59 Å². The monoisotopic (exact) mass is 794 g/mol. The fraction of sp³-hybridized carbons (Fsp3) is 0.758. The molecule has 0 aliphatic rings. The summed E-state index contributed by atoms with van der Waals surface area (Å²) in [6, 6.07) is 0. The predicted molar refractivity (Wildman–Crippen MR) is 192 cm³/mol. The van der Waals surface area contributed by atoms with E-state index < -0.39 is 18.2 Å². The Morgan fingerprint density at radius 3 is 1.32 bits per heavy atom. The Kier molecular flexibility index (Phi) is 41.3. The van der Waals surface area contributed by atoms with Crippen molar-refractivity contribution < 1.29 is 82.0 Å². The number of halogens is 2. The molecule has 0 aliphatic carbocycles. The Balaban J connectivity index is -0.000000437. The number of carboxylic acid groups (broad SMARTS) is 1. The largest absolute Gasteiger partial charge is 1.00 e. The molecule has 302 valence electrons. The van der Waals surface area contributed by atoms with Crippen LogP contribution in [0.4, 0.5) is 9.59 Å². The second-order valence-electron chi connectivity index (χ2n) is 11.4. The number of esters is 1. The zero-order chi connectivity index (χ0) is 38.9. The van der Waals surface area contributed by atoms with Crippen LogP contribution in [0.3, 0.4) is 0 Å². The number of amides is 4. The maximum atomic E-state index is 11.9. The first-order valence-electron chi connectivity index (χ1n) is 17.0. The minimum atomic E-state index is -0.859. The van der Waals surface area contributed by atoms with Gasteiger partial charge >= 0.3 is 43.0 Å². The third-order valence-corrected chi connectivity index (χ3v) is 7.57. The molecule has 0 aliphatic heterocycles. The summed E-state index contributed by atoms with van der Waals surface area (Å²) >= 11 is 10.7. The first-order chi connectivity index (χ1) is 24.3. The number of hydrogen-bond donors (Lipinski definition) is 3. The van der Waals surface area contributed by atoms with Crippen LogP contribution in [0.15, 0.2) is 0 Å². The van der Waals surface area contributed by atoms with Crippen molar-refractivity contribution in [2.45, 2.75) is 89.9 Å². The van der Waals surface area contributed by atoms with Gasteiger partial charge in [0.2, 0.25) is 11.8 Å². The molecule has 0 fully saturated rings. The molecule has 0 unspecified atom stereocenters. The Morgan fingerprint density at radius 1 is 0.585 bits per heavy atom. The maximum Gasteiger partial charge on any atom is 1.00 e. The number of rotatable bonds is 28. The number of methoxy groups -OCH3 is 1. The average Bonchev–Trinajstić information content (AvgIpc) is 3.11. The van der Waals surface area contributed by atoms with E-state index in [0.717, 1.165) is 0 Å². The van der Waals surface area contributed by atoms with E-state index in [1.807, 2.05) is 0 Å². The van der Waals surface area contributed by atoms with Gasteiger partial charge < -0.3 is 45.2 Å². The molecule has 0 aromatic heterocycles. The Bertz CT molecular complexity index is 1070. The number of nitrogens with zero attached hydrogens (tertiary/aromatic N) is 2. The molecule has 0 saturated heterocycles. The van der Waals surface area contributed by atoms with Gasteiger partial charge in [-0.1, -0.05) is 0 Å². The first-order valence-corrected chi connectivity index (χ1v) is 18.1. The van der Waals surface area contributed by atoms with Crippen LogP contribution >= 0.6 is 23.2 Å². The van der Waals surface area contributed by atoms with Crippen LogP contribution in [0.25, 0.3) is 0 Å². The van der Waals surface area contributed by atoms with Crippen molar-refractivity contribution in [3.63, 3.8) is 0 Å². The van der Waals surface area contributed by atoms with Gasteiger partial charge in [0.15, 0.2) is 0 Å². The molecule has 0 aromatic carbocycles. The molecule has 0 heterocycles. The van der Waals surface area contributed by atoms with Crippen molar-refractivity contribution in [1.29, 1.82) is 0 Å². The van der Waals surface area contributed by atoms with E-state index in [9.17, 15) is 38.4 Å². The molecular weight excluding hydrogens is 738 g/mol. The van der Waals surface area contributed by atoms with E-state index in [1.54, 1.807) is 23.9 Å². The molecule has 0 radical (unpaired) electrons. The number of Topliss-reactive ketones (excluding diaryl/α,β-unsaturated/α-hetero) is 2. The fourth-order valence-electron chi connectivity index (χ4n) is 3.95. The van der Waals surface area contributed by atoms with Crippen molar-refractivity contribution in [3.8, 4) is 0 Å². The molecule has 0 aromatic rings. The van der Waals surface area contributed by atoms with Gasteiger partial charge in [0.1, 0.15) is 11.6 Å². The van der Waals surface area contributed by atoms with E-state index >= 15 is 0 Å². The molecule has 4 amide bonds. The number of carbonyl (C=O) groups is 8. The van der Waals surface area contributed by atoms with E-state index in [4.69, 9.17) is 37.8 Å². The quantitative estimate of drug-likeness (QED) is 0.0322. The summed E-state index contributed by atoms with van der Waals surface area (Å²) in [7, 11) is 4.69. The topological polar surface area (TPSA) is 245 Å². The Morgan fingerprint density at radius 2 is 0.962 bits per heavy atom. The van der Waals surface area contributed by atoms with Gasteiger partial charge in [0, 0.05) is 78.8 Å². The number of alkyl halides is 2. The number of nitrogens with one attached hydrogen (secondary N) is 2. The van der Waals surface area contributed by atoms with Crippen LogP contribution in [-0.4, -0.2) is 140 Å². The summed E-state index contributed by atoms with van der Waals surface area (Å²) in [5.74, 6) is -1.35. The Hall–Kier alpha value is -3.10. The van der Waals surface area contributed by atoms with Gasteiger partial charge in [0.25, 0.3) is 0 Å². The van der Waals surface area contributed by atoms with Gasteiger partial charge in [-0.05, 0) is 51.4 Å². The summed E-state index contributed by atoms with van der Waals surface area (Å²) < 4.78 is 14.5. The molecule has 0 saturated carbocycles. The van der Waals surface area contributed by atoms with Crippen LogP contribution in [0.5, 0.6) is 0 Å². The first kappa shape index (κ1) is 56.6. The summed E-state index contributed by atoms with van der Waals surface area (Å²) in [6.07, 6.45) is 4.97. The van der Waals surface area contributed by atoms with Crippen LogP contribution < -0.4 is 29.5 Å². The van der Waals surface area contributed by atoms with Crippen LogP contribution in [-0.2, 0) is 43.0 Å². The molecule has 0 spiro atoms. The van der Waals surface area contributed by atoms with E-state index in [0.29, 0.717) is 110 Å². The average molecular weight is 796 g/mol. The number of unbranched alkanes of at least 4 members (excludes halogenated alkanes) is 2. The number of hydrogen-bond acceptors (Lipinski definition) is 12. The van der Waals surface area contributed by atoms with Crippen LogP contribution in [0.2, 0.25) is 0 Å². The molecule has 20 heteroatoms. The summed E-state index contributed by atoms with van der Waals surface area (Å²) in [6.45, 7) is 2.01. The molecule has 0 bridgehead atoms. The Labute approximate surface area is 334 Å². The SMILES string of the molecule is CN(CCCOC(=O)NCCCC(=O)CCl)C(=O)CCCCC(=O)O.COC(=O)CCCCC(=O)N(C)CCCOC(=O)NCCCC(=O)CCl.[Li+].[OH-]. The van der Waals surface area contributed by atoms with Gasteiger partial charge in [-0.15, -0.1) is 23.2 Å². The number of carbonyl (C=O) groups excluding carboxylic acids is 7. The van der Waals surface area contributed by atoms with Crippen molar-refractivity contribution >= 4 is 70.7 Å². The number of ketones is 2. The van der Waals surface area contributed by atoms with E-state index in [-0.39, 0.29) is 85.1 Å². The maximum absolute atomic E-state index is 11.9. The summed E-state index contributed by atoms with van der Waals surface area (Å²) in [5, 5.41) is 13.6. The zero-order valence-corrected chi connectivity index (χ0v) is 33.1. The van der Waals surface area contributed by atoms with Crippen molar-refractivity contribution in [2.24, 2.45) is 0 Å². The van der Waals surface area contributed by atoms with E-state index in [2.05, 4.69) is 15.4 Å². The molecule has 0 rings (SSSR count). The third-order valence-electron chi connectivity index (χ3n) is 6.98. The molecule has 4 N–H and O–H groups in total. The van der Waals surface area contributed by atoms with Crippen LogP contribution in [0.1, 0.15) is 89.9 Å². The van der Waals surface area contributed by atoms with Crippen molar-refractivity contribution in [3.05, 3.63) is 0 Å². The number of alkyl carbamates (subject to hydrolysis) is 2. The standard InChI is InChI=1S/C17H29ClN2O6.C16H27ClN2O6.Li.H2O/c1-20(15(22)8-3-4-9-16(23)25-2)11-6-12-26-17(24)19-10-5-7-14(21)13-18;1-19(14(21)7-2-3-8-15(22)23)10-5-11-25-16(24)18-9-4-6-13(20)12-17;;/h3-13H2,1-2H3,(H,19,24);2-12H2,1H3,(H,18,24)(H,22,23);;1H2/q;;+1;/p-1. The number of carboxylic acids is 1.